The van der Waals surface area contributed by atoms with Gasteiger partial charge in [0, 0.05) is 39.1 Å². The molecule has 2 aliphatic rings. The van der Waals surface area contributed by atoms with Gasteiger partial charge in [-0.1, -0.05) is 54.6 Å². The van der Waals surface area contributed by atoms with Crippen LogP contribution >= 0.6 is 24.0 Å². The molecule has 1 aliphatic carbocycles. The number of nitrogens with zero attached hydrogens (tertiary/aromatic N) is 2. The quantitative estimate of drug-likeness (QED) is 0.237. The van der Waals surface area contributed by atoms with Crippen molar-refractivity contribution in [2.45, 2.75) is 63.6 Å². The van der Waals surface area contributed by atoms with Crippen molar-refractivity contribution in [3.63, 3.8) is 0 Å². The van der Waals surface area contributed by atoms with E-state index in [1.165, 1.54) is 29.5 Å². The van der Waals surface area contributed by atoms with Crippen LogP contribution in [0.25, 0.3) is 0 Å². The van der Waals surface area contributed by atoms with Crippen LogP contribution in [0.4, 0.5) is 0 Å². The molecule has 172 valence electrons. The van der Waals surface area contributed by atoms with Gasteiger partial charge in [-0.15, -0.1) is 24.0 Å². The molecule has 1 amide bonds. The third kappa shape index (κ3) is 6.47. The molecule has 0 spiro atoms. The van der Waals surface area contributed by atoms with Crippen molar-refractivity contribution in [2.75, 3.05) is 13.6 Å². The molecule has 0 aromatic heterocycles. The van der Waals surface area contributed by atoms with E-state index < -0.39 is 0 Å². The maximum Gasteiger partial charge on any atom is 0.223 e. The predicted molar refractivity (Wildman–Crippen MR) is 141 cm³/mol. The number of halogens is 1. The molecule has 0 unspecified atom stereocenters. The van der Waals surface area contributed by atoms with Crippen LogP contribution in [0, 0.1) is 0 Å². The van der Waals surface area contributed by atoms with Gasteiger partial charge in [-0.25, -0.2) is 0 Å². The fraction of sp³-hybridized carbons (Fsp3) is 0.462. The summed E-state index contributed by atoms with van der Waals surface area (Å²) in [6.45, 7) is 2.25. The van der Waals surface area contributed by atoms with Crippen LogP contribution in [0.2, 0.25) is 0 Å². The Hall–Kier alpha value is -2.09. The minimum absolute atomic E-state index is 0. The Kier molecular flexibility index (Phi) is 9.38. The fourth-order valence-electron chi connectivity index (χ4n) is 4.80. The molecule has 0 bridgehead atoms. The van der Waals surface area contributed by atoms with Gasteiger partial charge in [-0.2, -0.15) is 0 Å². The van der Waals surface area contributed by atoms with Gasteiger partial charge >= 0.3 is 0 Å². The van der Waals surface area contributed by atoms with Crippen molar-refractivity contribution < 1.29 is 4.79 Å². The molecule has 2 aromatic carbocycles. The van der Waals surface area contributed by atoms with Crippen molar-refractivity contribution in [3.8, 4) is 0 Å². The lowest BCUT2D eigenvalue weighted by molar-refractivity contribution is -0.131. The third-order valence-corrected chi connectivity index (χ3v) is 6.62. The average Bonchev–Trinajstić information content (AvgIpc) is 3.26. The van der Waals surface area contributed by atoms with E-state index in [1.807, 2.05) is 24.1 Å². The van der Waals surface area contributed by atoms with Gasteiger partial charge < -0.3 is 15.5 Å². The first kappa shape index (κ1) is 24.6. The minimum Gasteiger partial charge on any atom is -0.356 e. The Morgan fingerprint density at radius 1 is 0.969 bits per heavy atom. The molecule has 1 heterocycles. The lowest BCUT2D eigenvalue weighted by Gasteiger charge is -2.30. The molecule has 2 aromatic rings. The number of hydrogen-bond acceptors (Lipinski definition) is 2. The fourth-order valence-corrected chi connectivity index (χ4v) is 4.80. The molecule has 0 radical (unpaired) electrons. The average molecular weight is 546 g/mol. The van der Waals surface area contributed by atoms with E-state index in [-0.39, 0.29) is 29.9 Å². The van der Waals surface area contributed by atoms with Crippen molar-refractivity contribution >= 4 is 35.8 Å². The number of hydrogen-bond donors (Lipinski definition) is 2. The van der Waals surface area contributed by atoms with E-state index in [1.54, 1.807) is 0 Å². The molecule has 5 nitrogen and oxygen atoms in total. The second-order valence-corrected chi connectivity index (χ2v) is 8.72. The van der Waals surface area contributed by atoms with Crippen molar-refractivity contribution in [1.29, 1.82) is 0 Å². The van der Waals surface area contributed by atoms with Gasteiger partial charge in [-0.3, -0.25) is 9.79 Å². The number of carbonyl (C=O) groups excluding carboxylic acids is 1. The number of carbonyl (C=O) groups is 1. The van der Waals surface area contributed by atoms with E-state index in [9.17, 15) is 4.79 Å². The first-order valence-electron chi connectivity index (χ1n) is 11.6. The number of fused-ring (bicyclic) bond motifs is 1. The minimum atomic E-state index is 0. The topological polar surface area (TPSA) is 56.7 Å². The van der Waals surface area contributed by atoms with Crippen LogP contribution in [-0.2, 0) is 17.9 Å². The molecule has 6 heteroatoms. The number of aliphatic imine (C=N–C) groups is 1. The summed E-state index contributed by atoms with van der Waals surface area (Å²) in [5.41, 5.74) is 4.02. The molecule has 32 heavy (non-hydrogen) atoms. The van der Waals surface area contributed by atoms with Gasteiger partial charge in [0.2, 0.25) is 5.91 Å². The summed E-state index contributed by atoms with van der Waals surface area (Å²) in [4.78, 5) is 18.9. The maximum atomic E-state index is 12.5. The highest BCUT2D eigenvalue weighted by Gasteiger charge is 2.24. The second-order valence-electron chi connectivity index (χ2n) is 8.72. The molecule has 0 atom stereocenters. The largest absolute Gasteiger partial charge is 0.356 e. The van der Waals surface area contributed by atoms with Crippen LogP contribution < -0.4 is 10.6 Å². The Morgan fingerprint density at radius 3 is 2.22 bits per heavy atom. The zero-order valence-corrected chi connectivity index (χ0v) is 21.3. The van der Waals surface area contributed by atoms with Crippen LogP contribution in [0.1, 0.15) is 61.1 Å². The van der Waals surface area contributed by atoms with Gasteiger partial charge in [-0.05, 0) is 54.7 Å². The highest BCUT2D eigenvalue weighted by atomic mass is 127. The molecule has 1 fully saturated rings. The van der Waals surface area contributed by atoms with E-state index in [4.69, 9.17) is 0 Å². The summed E-state index contributed by atoms with van der Waals surface area (Å²) >= 11 is 0. The van der Waals surface area contributed by atoms with Gasteiger partial charge in [0.05, 0.1) is 0 Å². The number of benzene rings is 2. The SMILES string of the molecule is CN=C(NCCCC(=O)N1Cc2ccccc2C1)NC1CCC(c2ccccc2)CC1.I. The predicted octanol–water partition coefficient (Wildman–Crippen LogP) is 4.82. The lowest BCUT2D eigenvalue weighted by atomic mass is 9.82. The first-order valence-corrected chi connectivity index (χ1v) is 11.6. The third-order valence-electron chi connectivity index (χ3n) is 6.62. The van der Waals surface area contributed by atoms with E-state index in [0.717, 1.165) is 44.9 Å². The highest BCUT2D eigenvalue weighted by molar-refractivity contribution is 14.0. The first-order chi connectivity index (χ1) is 15.2. The Balaban J connectivity index is 0.00000289. The summed E-state index contributed by atoms with van der Waals surface area (Å²) < 4.78 is 0. The summed E-state index contributed by atoms with van der Waals surface area (Å²) in [5.74, 6) is 1.77. The zero-order chi connectivity index (χ0) is 21.5. The molecule has 2 N–H and O–H groups in total. The summed E-state index contributed by atoms with van der Waals surface area (Å²) in [6.07, 6.45) is 6.13. The standard InChI is InChI=1S/C26H34N4O.HI/c1-27-26(29-24-15-13-21(14-16-24)20-8-3-2-4-9-20)28-17-7-12-25(31)30-18-22-10-5-6-11-23(22)19-30;/h2-6,8-11,21,24H,7,12-19H2,1H3,(H2,27,28,29);1H. The van der Waals surface area contributed by atoms with Gasteiger partial charge in [0.25, 0.3) is 0 Å². The lowest BCUT2D eigenvalue weighted by Crippen LogP contribution is -2.45. The second kappa shape index (κ2) is 12.2. The van der Waals surface area contributed by atoms with Crippen molar-refractivity contribution in [1.82, 2.24) is 15.5 Å². The smallest absolute Gasteiger partial charge is 0.223 e. The molecule has 1 aliphatic heterocycles. The normalized spacial score (nSPS) is 20.3. The van der Waals surface area contributed by atoms with E-state index >= 15 is 0 Å². The summed E-state index contributed by atoms with van der Waals surface area (Å²) in [6, 6.07) is 19.7. The molecule has 4 rings (SSSR count). The van der Waals surface area contributed by atoms with Crippen LogP contribution in [-0.4, -0.2) is 36.4 Å². The summed E-state index contributed by atoms with van der Waals surface area (Å²) in [7, 11) is 1.82. The van der Waals surface area contributed by atoms with E-state index in [2.05, 4.69) is 58.1 Å². The number of nitrogens with one attached hydrogen (secondary N) is 2. The van der Waals surface area contributed by atoms with Crippen LogP contribution in [0.5, 0.6) is 0 Å². The number of rotatable bonds is 6. The Morgan fingerprint density at radius 2 is 1.59 bits per heavy atom. The van der Waals surface area contributed by atoms with Crippen LogP contribution in [0.15, 0.2) is 59.6 Å². The van der Waals surface area contributed by atoms with Gasteiger partial charge in [0.1, 0.15) is 0 Å². The van der Waals surface area contributed by atoms with Gasteiger partial charge in [0.15, 0.2) is 5.96 Å². The van der Waals surface area contributed by atoms with E-state index in [0.29, 0.717) is 18.4 Å². The molecular weight excluding hydrogens is 511 g/mol. The Bertz CT molecular complexity index is 869. The molecule has 0 saturated heterocycles. The van der Waals surface area contributed by atoms with Crippen molar-refractivity contribution in [2.24, 2.45) is 4.99 Å². The number of guanidine groups is 1. The van der Waals surface area contributed by atoms with Crippen LogP contribution in [0.3, 0.4) is 0 Å². The Labute approximate surface area is 209 Å². The number of amides is 1. The monoisotopic (exact) mass is 546 g/mol. The van der Waals surface area contributed by atoms with Crippen molar-refractivity contribution in [3.05, 3.63) is 71.3 Å². The molecular formula is C26H35IN4O. The zero-order valence-electron chi connectivity index (χ0n) is 18.9. The highest BCUT2D eigenvalue weighted by Crippen LogP contribution is 2.32. The maximum absolute atomic E-state index is 12.5. The summed E-state index contributed by atoms with van der Waals surface area (Å²) in [5, 5.41) is 6.97. The molecule has 1 saturated carbocycles.